The molecule has 0 aromatic rings. The Hall–Kier alpha value is 0.532. The fourth-order valence-corrected chi connectivity index (χ4v) is 1.41. The zero-order valence-corrected chi connectivity index (χ0v) is 6.02. The van der Waals surface area contributed by atoms with Gasteiger partial charge in [-0.2, -0.15) is 0 Å². The van der Waals surface area contributed by atoms with Gasteiger partial charge in [0.15, 0.2) is 0 Å². The van der Waals surface area contributed by atoms with Crippen LogP contribution in [0.4, 0.5) is 0 Å². The second-order valence-corrected chi connectivity index (χ2v) is 4.51. The van der Waals surface area contributed by atoms with Crippen LogP contribution in [0.3, 0.4) is 0 Å². The van der Waals surface area contributed by atoms with Crippen LogP contribution >= 0.6 is 0 Å². The van der Waals surface area contributed by atoms with Gasteiger partial charge in [0.2, 0.25) is 0 Å². The van der Waals surface area contributed by atoms with E-state index in [0.29, 0.717) is 0 Å². The zero-order valence-electron chi connectivity index (χ0n) is 4.86. The first kappa shape index (κ1) is 6.53. The van der Waals surface area contributed by atoms with Crippen LogP contribution in [0.5, 0.6) is 0 Å². The minimum absolute atomic E-state index is 0.764. The SMILES string of the molecule is C[CH2][Al+][CH](C)C. The molecule has 0 aliphatic heterocycles. The van der Waals surface area contributed by atoms with Gasteiger partial charge in [0.05, 0.1) is 0 Å². The van der Waals surface area contributed by atoms with E-state index in [9.17, 15) is 0 Å². The first-order valence-electron chi connectivity index (χ1n) is 2.60. The van der Waals surface area contributed by atoms with Crippen molar-refractivity contribution in [1.29, 1.82) is 0 Å². The van der Waals surface area contributed by atoms with E-state index in [4.69, 9.17) is 0 Å². The second-order valence-electron chi connectivity index (χ2n) is 1.89. The van der Waals surface area contributed by atoms with Crippen molar-refractivity contribution < 1.29 is 0 Å². The van der Waals surface area contributed by atoms with Crippen molar-refractivity contribution in [3.8, 4) is 0 Å². The van der Waals surface area contributed by atoms with Gasteiger partial charge in [-0.3, -0.25) is 0 Å². The van der Waals surface area contributed by atoms with Gasteiger partial charge in [0, 0.05) is 0 Å². The van der Waals surface area contributed by atoms with E-state index in [0.717, 1.165) is 20.0 Å². The summed E-state index contributed by atoms with van der Waals surface area (Å²) in [6.07, 6.45) is 0. The van der Waals surface area contributed by atoms with Gasteiger partial charge in [-0.1, -0.05) is 0 Å². The molecular weight excluding hydrogens is 87.0 g/mol. The molecule has 0 atom stereocenters. The second kappa shape index (κ2) is 3.71. The summed E-state index contributed by atoms with van der Waals surface area (Å²) in [5.74, 6) is 0. The molecule has 0 rings (SSSR count). The van der Waals surface area contributed by atoms with Gasteiger partial charge in [-0.15, -0.1) is 0 Å². The molecule has 1 heteroatoms. The molecular formula is C5H12Al+. The fraction of sp³-hybridized carbons (Fsp3) is 1.00. The van der Waals surface area contributed by atoms with E-state index in [2.05, 4.69) is 20.8 Å². The summed E-state index contributed by atoms with van der Waals surface area (Å²) < 4.78 is 0.981. The van der Waals surface area contributed by atoms with Crippen LogP contribution in [0.1, 0.15) is 20.8 Å². The van der Waals surface area contributed by atoms with Crippen LogP contribution in [0.15, 0.2) is 0 Å². The van der Waals surface area contributed by atoms with E-state index in [-0.39, 0.29) is 0 Å². The average molecular weight is 99.1 g/mol. The van der Waals surface area contributed by atoms with Gasteiger partial charge >= 0.3 is 46.1 Å². The summed E-state index contributed by atoms with van der Waals surface area (Å²) in [7, 11) is 0. The molecule has 0 heterocycles. The molecule has 0 unspecified atom stereocenters. The summed E-state index contributed by atoms with van der Waals surface area (Å²) >= 11 is 0.764. The molecule has 0 radical (unpaired) electrons. The Labute approximate surface area is 46.7 Å². The van der Waals surface area contributed by atoms with E-state index in [1.54, 1.807) is 0 Å². The maximum absolute atomic E-state index is 2.29. The summed E-state index contributed by atoms with van der Waals surface area (Å²) in [6, 6.07) is 0. The standard InChI is InChI=1S/C3H7.C2H5.Al/c1-3-2;1-2;/h3H,1-2H3;1H2,2H3;/q;;+1. The van der Waals surface area contributed by atoms with Crippen molar-refractivity contribution >= 4 is 15.2 Å². The maximum atomic E-state index is 2.29. The molecule has 34 valence electrons. The van der Waals surface area contributed by atoms with Gasteiger partial charge < -0.3 is 0 Å². The van der Waals surface area contributed by atoms with Gasteiger partial charge in [-0.25, -0.2) is 0 Å². The molecule has 0 spiro atoms. The minimum atomic E-state index is 0.764. The molecule has 0 nitrogen and oxygen atoms in total. The average Bonchev–Trinajstić information content (AvgIpc) is 1.35. The first-order chi connectivity index (χ1) is 2.77. The van der Waals surface area contributed by atoms with Crippen molar-refractivity contribution in [2.45, 2.75) is 30.8 Å². The number of hydrogen-bond donors (Lipinski definition) is 0. The predicted octanol–water partition coefficient (Wildman–Crippen LogP) is 1.96. The van der Waals surface area contributed by atoms with Crippen LogP contribution < -0.4 is 0 Å². The fourth-order valence-electron chi connectivity index (χ4n) is 0.471. The Kier molecular flexibility index (Phi) is 4.04. The molecule has 0 saturated carbocycles. The van der Waals surface area contributed by atoms with E-state index < -0.39 is 0 Å². The third-order valence-corrected chi connectivity index (χ3v) is 2.12. The van der Waals surface area contributed by atoms with Crippen molar-refractivity contribution in [2.24, 2.45) is 0 Å². The van der Waals surface area contributed by atoms with Crippen molar-refractivity contribution in [3.05, 3.63) is 0 Å². The summed E-state index contributed by atoms with van der Waals surface area (Å²) in [5, 5.41) is 1.41. The van der Waals surface area contributed by atoms with E-state index in [1.165, 1.54) is 5.28 Å². The Morgan fingerprint density at radius 3 is 2.00 bits per heavy atom. The Morgan fingerprint density at radius 2 is 2.00 bits per heavy atom. The van der Waals surface area contributed by atoms with Crippen LogP contribution in [-0.2, 0) is 0 Å². The van der Waals surface area contributed by atoms with E-state index in [1.807, 2.05) is 0 Å². The van der Waals surface area contributed by atoms with Gasteiger partial charge in [0.1, 0.15) is 0 Å². The van der Waals surface area contributed by atoms with Crippen molar-refractivity contribution in [3.63, 3.8) is 0 Å². The van der Waals surface area contributed by atoms with E-state index >= 15 is 0 Å². The molecule has 0 N–H and O–H groups in total. The molecule has 0 amide bonds. The Bertz CT molecular complexity index is 25.1. The molecule has 0 bridgehead atoms. The predicted molar refractivity (Wildman–Crippen MR) is 31.3 cm³/mol. The van der Waals surface area contributed by atoms with Gasteiger partial charge in [-0.05, 0) is 0 Å². The molecule has 0 aliphatic carbocycles. The van der Waals surface area contributed by atoms with Crippen LogP contribution in [0.25, 0.3) is 0 Å². The van der Waals surface area contributed by atoms with Crippen molar-refractivity contribution in [2.75, 3.05) is 0 Å². The molecule has 0 aromatic carbocycles. The third-order valence-electron chi connectivity index (χ3n) is 0.707. The summed E-state index contributed by atoms with van der Waals surface area (Å²) in [4.78, 5) is 0. The molecule has 0 aliphatic rings. The topological polar surface area (TPSA) is 0 Å². The quantitative estimate of drug-likeness (QED) is 0.464. The Morgan fingerprint density at radius 1 is 1.50 bits per heavy atom. The van der Waals surface area contributed by atoms with Crippen molar-refractivity contribution in [1.82, 2.24) is 0 Å². The monoisotopic (exact) mass is 99.1 g/mol. The summed E-state index contributed by atoms with van der Waals surface area (Å²) in [6.45, 7) is 6.84. The van der Waals surface area contributed by atoms with Gasteiger partial charge in [0.25, 0.3) is 0 Å². The number of hydrogen-bond acceptors (Lipinski definition) is 0. The Balaban J connectivity index is 2.63. The van der Waals surface area contributed by atoms with Crippen LogP contribution in [-0.4, -0.2) is 15.2 Å². The zero-order chi connectivity index (χ0) is 4.99. The molecule has 0 aromatic heterocycles. The summed E-state index contributed by atoms with van der Waals surface area (Å²) in [5.41, 5.74) is 0. The molecule has 0 saturated heterocycles. The van der Waals surface area contributed by atoms with Crippen LogP contribution in [0.2, 0.25) is 10.1 Å². The van der Waals surface area contributed by atoms with Crippen LogP contribution in [0, 0.1) is 0 Å². The first-order valence-corrected chi connectivity index (χ1v) is 4.09. The third kappa shape index (κ3) is 4.53. The molecule has 0 fully saturated rings. The molecule has 6 heavy (non-hydrogen) atoms. The normalized spacial score (nSPS) is 8.67. The number of rotatable bonds is 2.